The lowest BCUT2D eigenvalue weighted by atomic mass is 9.89. The van der Waals surface area contributed by atoms with E-state index in [0.717, 1.165) is 53.0 Å². The fourth-order valence-corrected chi connectivity index (χ4v) is 3.54. The van der Waals surface area contributed by atoms with E-state index in [1.54, 1.807) is 0 Å². The highest BCUT2D eigenvalue weighted by atomic mass is 16.2. The first-order chi connectivity index (χ1) is 12.3. The second-order valence-electron chi connectivity index (χ2n) is 8.18. The maximum Gasteiger partial charge on any atom is 0.227 e. The first-order valence-corrected chi connectivity index (χ1v) is 9.20. The number of hydrogen-bond donors (Lipinski definition) is 2. The van der Waals surface area contributed by atoms with Crippen molar-refractivity contribution in [3.63, 3.8) is 0 Å². The lowest BCUT2D eigenvalue weighted by molar-refractivity contribution is -0.117. The van der Waals surface area contributed by atoms with Crippen molar-refractivity contribution in [1.29, 1.82) is 0 Å². The van der Waals surface area contributed by atoms with Crippen molar-refractivity contribution in [2.24, 2.45) is 11.3 Å². The number of Topliss-reactive ketones (excluding diaryl/α,β-unsaturated/α-hetero) is 1. The Morgan fingerprint density at radius 1 is 1.08 bits per heavy atom. The summed E-state index contributed by atoms with van der Waals surface area (Å²) in [6.07, 6.45) is 2.76. The molecular weight excluding hydrogens is 324 g/mol. The van der Waals surface area contributed by atoms with Crippen LogP contribution in [0.5, 0.6) is 0 Å². The molecule has 134 valence electrons. The Bertz CT molecular complexity index is 910. The Hall–Kier alpha value is -2.62. The summed E-state index contributed by atoms with van der Waals surface area (Å²) < 4.78 is 0. The lowest BCUT2D eigenvalue weighted by Gasteiger charge is -2.13. The maximum atomic E-state index is 12.4. The highest BCUT2D eigenvalue weighted by Gasteiger charge is 2.37. The molecular formula is C22H24N2O2. The second kappa shape index (κ2) is 5.97. The van der Waals surface area contributed by atoms with Crippen LogP contribution < -0.4 is 10.6 Å². The monoisotopic (exact) mass is 348 g/mol. The molecule has 0 aliphatic heterocycles. The molecule has 0 atom stereocenters. The summed E-state index contributed by atoms with van der Waals surface area (Å²) in [4.78, 5) is 24.4. The summed E-state index contributed by atoms with van der Waals surface area (Å²) in [5.74, 6) is 0.517. The summed E-state index contributed by atoms with van der Waals surface area (Å²) in [6.45, 7) is 6.03. The minimum atomic E-state index is -0.316. The molecule has 26 heavy (non-hydrogen) atoms. The first-order valence-electron chi connectivity index (χ1n) is 9.20. The van der Waals surface area contributed by atoms with E-state index in [-0.39, 0.29) is 23.0 Å². The van der Waals surface area contributed by atoms with Crippen LogP contribution in [0, 0.1) is 18.3 Å². The Balaban J connectivity index is 1.56. The van der Waals surface area contributed by atoms with Crippen LogP contribution in [0.15, 0.2) is 36.4 Å². The van der Waals surface area contributed by atoms with Gasteiger partial charge in [-0.05, 0) is 67.6 Å². The first kappa shape index (κ1) is 16.8. The van der Waals surface area contributed by atoms with Crippen molar-refractivity contribution < 1.29 is 9.59 Å². The molecule has 0 bridgehead atoms. The highest BCUT2D eigenvalue weighted by molar-refractivity contribution is 6.04. The molecule has 1 fully saturated rings. The number of ketones is 1. The molecule has 4 rings (SSSR count). The Morgan fingerprint density at radius 3 is 2.54 bits per heavy atom. The van der Waals surface area contributed by atoms with E-state index in [4.69, 9.17) is 0 Å². The largest absolute Gasteiger partial charge is 0.355 e. The quantitative estimate of drug-likeness (QED) is 0.830. The zero-order valence-electron chi connectivity index (χ0n) is 15.5. The van der Waals surface area contributed by atoms with Crippen LogP contribution >= 0.6 is 0 Å². The third-order valence-electron chi connectivity index (χ3n) is 5.33. The fraction of sp³-hybridized carbons (Fsp3) is 0.364. The fourth-order valence-electron chi connectivity index (χ4n) is 3.54. The van der Waals surface area contributed by atoms with Crippen LogP contribution in [0.3, 0.4) is 0 Å². The molecule has 0 aromatic heterocycles. The van der Waals surface area contributed by atoms with Gasteiger partial charge in [0.05, 0.1) is 0 Å². The minimum Gasteiger partial charge on any atom is -0.355 e. The number of hydrogen-bond acceptors (Lipinski definition) is 3. The molecule has 0 unspecified atom stereocenters. The molecule has 0 spiro atoms. The molecule has 0 heterocycles. The average Bonchev–Trinajstić information content (AvgIpc) is 3.39. The van der Waals surface area contributed by atoms with E-state index >= 15 is 0 Å². The van der Waals surface area contributed by atoms with Crippen molar-refractivity contribution >= 4 is 28.8 Å². The number of carbonyl (C=O) groups excluding carboxylic acids is 2. The Labute approximate surface area is 154 Å². The normalized spacial score (nSPS) is 17.7. The molecule has 2 aliphatic carbocycles. The average molecular weight is 348 g/mol. The van der Waals surface area contributed by atoms with Gasteiger partial charge in [-0.2, -0.15) is 0 Å². The number of aryl methyl sites for hydroxylation is 1. The van der Waals surface area contributed by atoms with Gasteiger partial charge in [-0.1, -0.05) is 19.9 Å². The van der Waals surface area contributed by atoms with Crippen molar-refractivity contribution in [3.05, 3.63) is 53.1 Å². The van der Waals surface area contributed by atoms with Gasteiger partial charge in [0, 0.05) is 34.0 Å². The van der Waals surface area contributed by atoms with Crippen LogP contribution in [0.1, 0.15) is 48.2 Å². The van der Waals surface area contributed by atoms with E-state index in [1.807, 2.05) is 51.1 Å². The number of fused-ring (bicyclic) bond motifs is 1. The Morgan fingerprint density at radius 2 is 1.81 bits per heavy atom. The zero-order valence-corrected chi connectivity index (χ0v) is 15.5. The van der Waals surface area contributed by atoms with E-state index in [2.05, 4.69) is 16.7 Å². The number of benzene rings is 2. The molecule has 0 radical (unpaired) electrons. The van der Waals surface area contributed by atoms with Crippen molar-refractivity contribution in [1.82, 2.24) is 0 Å². The summed E-state index contributed by atoms with van der Waals surface area (Å²) in [5.41, 5.74) is 5.46. The zero-order chi connectivity index (χ0) is 18.5. The molecule has 2 N–H and O–H groups in total. The van der Waals surface area contributed by atoms with Crippen molar-refractivity contribution in [2.75, 3.05) is 10.6 Å². The van der Waals surface area contributed by atoms with Gasteiger partial charge in [-0.25, -0.2) is 0 Å². The van der Waals surface area contributed by atoms with Gasteiger partial charge < -0.3 is 10.6 Å². The smallest absolute Gasteiger partial charge is 0.227 e. The predicted molar refractivity (Wildman–Crippen MR) is 104 cm³/mol. The number of amides is 1. The van der Waals surface area contributed by atoms with Gasteiger partial charge in [0.15, 0.2) is 5.78 Å². The molecule has 4 nitrogen and oxygen atoms in total. The van der Waals surface area contributed by atoms with Gasteiger partial charge in [-0.15, -0.1) is 0 Å². The van der Waals surface area contributed by atoms with Gasteiger partial charge in [-0.3, -0.25) is 9.59 Å². The topological polar surface area (TPSA) is 58.2 Å². The number of carbonyl (C=O) groups is 2. The van der Waals surface area contributed by atoms with Gasteiger partial charge in [0.2, 0.25) is 5.91 Å². The molecule has 2 aliphatic rings. The van der Waals surface area contributed by atoms with Crippen LogP contribution in [-0.4, -0.2) is 11.7 Å². The maximum absolute atomic E-state index is 12.4. The number of rotatable bonds is 4. The molecule has 2 aromatic rings. The molecule has 1 saturated carbocycles. The molecule has 0 saturated heterocycles. The van der Waals surface area contributed by atoms with E-state index in [0.29, 0.717) is 0 Å². The molecule has 4 heteroatoms. The summed E-state index contributed by atoms with van der Waals surface area (Å²) in [5, 5.41) is 6.43. The highest BCUT2D eigenvalue weighted by Crippen LogP contribution is 2.38. The molecule has 1 amide bonds. The summed E-state index contributed by atoms with van der Waals surface area (Å²) in [7, 11) is 0. The molecule has 2 aromatic carbocycles. The van der Waals surface area contributed by atoms with Crippen LogP contribution in [-0.2, 0) is 11.2 Å². The van der Waals surface area contributed by atoms with Crippen LogP contribution in [0.4, 0.5) is 17.1 Å². The second-order valence-corrected chi connectivity index (χ2v) is 8.18. The number of anilines is 3. The standard InChI is InChI=1S/C22H24N2O2/c1-13-4-7-17(24-21(26)14-5-6-14)11-19(13)23-16-8-9-18-15(10-16)12-22(2,3)20(18)25/h4,7-11,14,23H,5-6,12H2,1-3H3,(H,24,26). The predicted octanol–water partition coefficient (Wildman–Crippen LogP) is 4.85. The SMILES string of the molecule is Cc1ccc(NC(=O)C2CC2)cc1Nc1ccc2c(c1)CC(C)(C)C2=O. The van der Waals surface area contributed by atoms with E-state index < -0.39 is 0 Å². The van der Waals surface area contributed by atoms with E-state index in [1.165, 1.54) is 0 Å². The third-order valence-corrected chi connectivity index (χ3v) is 5.33. The summed E-state index contributed by atoms with van der Waals surface area (Å²) >= 11 is 0. The van der Waals surface area contributed by atoms with Crippen LogP contribution in [0.25, 0.3) is 0 Å². The lowest BCUT2D eigenvalue weighted by Crippen LogP contribution is -2.18. The van der Waals surface area contributed by atoms with Gasteiger partial charge in [0.1, 0.15) is 0 Å². The third kappa shape index (κ3) is 3.12. The van der Waals surface area contributed by atoms with Gasteiger partial charge in [0.25, 0.3) is 0 Å². The number of nitrogens with one attached hydrogen (secondary N) is 2. The Kier molecular flexibility index (Phi) is 3.87. The van der Waals surface area contributed by atoms with E-state index in [9.17, 15) is 9.59 Å². The van der Waals surface area contributed by atoms with Crippen molar-refractivity contribution in [2.45, 2.75) is 40.0 Å². The van der Waals surface area contributed by atoms with Crippen molar-refractivity contribution in [3.8, 4) is 0 Å². The summed E-state index contributed by atoms with van der Waals surface area (Å²) in [6, 6.07) is 11.8. The minimum absolute atomic E-state index is 0.109. The van der Waals surface area contributed by atoms with Crippen LogP contribution in [0.2, 0.25) is 0 Å². The van der Waals surface area contributed by atoms with Gasteiger partial charge >= 0.3 is 0 Å².